The lowest BCUT2D eigenvalue weighted by Gasteiger charge is -2.24. The number of hydrogen-bond acceptors (Lipinski definition) is 10. The standard InChI is InChI=1S/C33H43N7O5/c1-44-24-10-7-21(8-11-24)13-15-38-32(43)26(35)12-9-23(19-36-18-22-5-3-2-4-6-22)17-27-29(41)30(42)33(45-27)40-20-39-28-25(34)14-16-37-31(28)40/h2-8,10-11,14,16,20,23,26-27,29-30,33,36,41-42H,9,12-13,15,17-19,35H2,1H3,(H2,34,37)(H,38,43)/t23-,26-,27+,29-,30?,33+/m0/s1. The Balaban J connectivity index is 1.18. The van der Waals surface area contributed by atoms with Crippen LogP contribution in [0.15, 0.2) is 73.2 Å². The molecule has 1 fully saturated rings. The molecule has 0 aliphatic carbocycles. The molecule has 0 spiro atoms. The topological polar surface area (TPSA) is 183 Å². The lowest BCUT2D eigenvalue weighted by atomic mass is 9.91. The third kappa shape index (κ3) is 8.16. The van der Waals surface area contributed by atoms with E-state index in [1.807, 2.05) is 42.5 Å². The van der Waals surface area contributed by atoms with E-state index in [1.165, 1.54) is 6.33 Å². The maximum Gasteiger partial charge on any atom is 0.236 e. The Bertz CT molecular complexity index is 1520. The summed E-state index contributed by atoms with van der Waals surface area (Å²) < 4.78 is 13.0. The van der Waals surface area contributed by atoms with E-state index in [0.717, 1.165) is 16.9 Å². The Morgan fingerprint density at radius 2 is 1.82 bits per heavy atom. The molecule has 6 atom stereocenters. The normalized spacial score (nSPS) is 21.1. The van der Waals surface area contributed by atoms with Crippen LogP contribution in [0.5, 0.6) is 5.75 Å². The summed E-state index contributed by atoms with van der Waals surface area (Å²) in [6, 6.07) is 18.8. The number of imidazole rings is 1. The lowest BCUT2D eigenvalue weighted by Crippen LogP contribution is -2.42. The van der Waals surface area contributed by atoms with E-state index in [-0.39, 0.29) is 11.8 Å². The quantitative estimate of drug-likeness (QED) is 0.115. The van der Waals surface area contributed by atoms with Crippen LogP contribution in [-0.4, -0.2) is 75.2 Å². The highest BCUT2D eigenvalue weighted by molar-refractivity contribution is 5.83. The number of methoxy groups -OCH3 is 1. The summed E-state index contributed by atoms with van der Waals surface area (Å²) in [5.41, 5.74) is 16.0. The van der Waals surface area contributed by atoms with Crippen molar-refractivity contribution < 1.29 is 24.5 Å². The fourth-order valence-corrected chi connectivity index (χ4v) is 5.74. The van der Waals surface area contributed by atoms with Gasteiger partial charge in [-0.15, -0.1) is 0 Å². The molecule has 0 bridgehead atoms. The molecule has 240 valence electrons. The van der Waals surface area contributed by atoms with Crippen molar-refractivity contribution in [3.63, 3.8) is 0 Å². The third-order valence-electron chi connectivity index (χ3n) is 8.37. The van der Waals surface area contributed by atoms with E-state index in [9.17, 15) is 15.0 Å². The van der Waals surface area contributed by atoms with Crippen LogP contribution in [0.25, 0.3) is 11.2 Å². The zero-order chi connectivity index (χ0) is 31.8. The van der Waals surface area contributed by atoms with E-state index < -0.39 is 30.6 Å². The van der Waals surface area contributed by atoms with Gasteiger partial charge in [-0.25, -0.2) is 9.97 Å². The van der Waals surface area contributed by atoms with Crippen molar-refractivity contribution in [2.45, 2.75) is 62.8 Å². The average Bonchev–Trinajstić information content (AvgIpc) is 3.61. The van der Waals surface area contributed by atoms with Crippen LogP contribution < -0.4 is 26.8 Å². The molecule has 0 radical (unpaired) electrons. The Morgan fingerprint density at radius 1 is 1.04 bits per heavy atom. The van der Waals surface area contributed by atoms with Crippen LogP contribution in [-0.2, 0) is 22.5 Å². The molecule has 1 aliphatic rings. The molecular weight excluding hydrogens is 574 g/mol. The second-order valence-electron chi connectivity index (χ2n) is 11.6. The van der Waals surface area contributed by atoms with Gasteiger partial charge in [-0.05, 0) is 67.5 Å². The number of nitrogens with zero attached hydrogens (tertiary/aromatic N) is 3. The zero-order valence-electron chi connectivity index (χ0n) is 25.5. The number of carbonyl (C=O) groups is 1. The molecule has 0 saturated carbocycles. The van der Waals surface area contributed by atoms with E-state index in [0.29, 0.717) is 62.2 Å². The molecule has 1 saturated heterocycles. The molecule has 1 aliphatic heterocycles. The number of benzene rings is 2. The van der Waals surface area contributed by atoms with Crippen molar-refractivity contribution in [2.24, 2.45) is 11.7 Å². The molecule has 1 amide bonds. The number of aliphatic hydroxyl groups is 2. The van der Waals surface area contributed by atoms with E-state index >= 15 is 0 Å². The number of pyridine rings is 1. The molecule has 2 aromatic carbocycles. The second-order valence-corrected chi connectivity index (χ2v) is 11.6. The monoisotopic (exact) mass is 617 g/mol. The first kappa shape index (κ1) is 32.3. The van der Waals surface area contributed by atoms with Gasteiger partial charge in [-0.2, -0.15) is 0 Å². The van der Waals surface area contributed by atoms with E-state index in [1.54, 1.807) is 23.9 Å². The number of anilines is 1. The van der Waals surface area contributed by atoms with Crippen molar-refractivity contribution in [1.29, 1.82) is 0 Å². The minimum Gasteiger partial charge on any atom is -0.497 e. The highest BCUT2D eigenvalue weighted by Gasteiger charge is 2.45. The van der Waals surface area contributed by atoms with Crippen LogP contribution in [0.4, 0.5) is 5.69 Å². The molecule has 8 N–H and O–H groups in total. The van der Waals surface area contributed by atoms with Gasteiger partial charge in [-0.1, -0.05) is 42.5 Å². The summed E-state index contributed by atoms with van der Waals surface area (Å²) >= 11 is 0. The van der Waals surface area contributed by atoms with Gasteiger partial charge in [-0.3, -0.25) is 9.36 Å². The Morgan fingerprint density at radius 3 is 2.58 bits per heavy atom. The lowest BCUT2D eigenvalue weighted by molar-refractivity contribution is -0.122. The number of rotatable bonds is 15. The maximum atomic E-state index is 12.8. The summed E-state index contributed by atoms with van der Waals surface area (Å²) in [5.74, 6) is 0.590. The minimum absolute atomic E-state index is 0.00534. The van der Waals surface area contributed by atoms with Gasteiger partial charge in [0.1, 0.15) is 23.5 Å². The summed E-state index contributed by atoms with van der Waals surface area (Å²) in [7, 11) is 1.63. The van der Waals surface area contributed by atoms with Gasteiger partial charge in [0.2, 0.25) is 5.91 Å². The summed E-state index contributed by atoms with van der Waals surface area (Å²) in [6.45, 7) is 1.76. The number of nitrogens with one attached hydrogen (secondary N) is 2. The van der Waals surface area contributed by atoms with Crippen molar-refractivity contribution in [3.8, 4) is 5.75 Å². The van der Waals surface area contributed by atoms with Gasteiger partial charge in [0, 0.05) is 19.3 Å². The molecule has 12 heteroatoms. The first-order chi connectivity index (χ1) is 21.8. The minimum atomic E-state index is -1.19. The molecule has 3 heterocycles. The van der Waals surface area contributed by atoms with Gasteiger partial charge < -0.3 is 41.8 Å². The first-order valence-electron chi connectivity index (χ1n) is 15.3. The van der Waals surface area contributed by atoms with Crippen molar-refractivity contribution in [2.75, 3.05) is 25.9 Å². The number of amides is 1. The second kappa shape index (κ2) is 15.3. The van der Waals surface area contributed by atoms with Crippen LogP contribution in [0.2, 0.25) is 0 Å². The molecular formula is C33H43N7O5. The van der Waals surface area contributed by atoms with Crippen molar-refractivity contribution in [1.82, 2.24) is 25.2 Å². The third-order valence-corrected chi connectivity index (χ3v) is 8.37. The van der Waals surface area contributed by atoms with Gasteiger partial charge >= 0.3 is 0 Å². The molecule has 45 heavy (non-hydrogen) atoms. The Hall–Kier alpha value is -4.07. The summed E-state index contributed by atoms with van der Waals surface area (Å²) in [6.07, 6.45) is 1.45. The van der Waals surface area contributed by atoms with Crippen molar-refractivity contribution >= 4 is 22.8 Å². The maximum absolute atomic E-state index is 12.8. The molecule has 12 nitrogen and oxygen atoms in total. The number of nitrogen functional groups attached to an aromatic ring is 1. The van der Waals surface area contributed by atoms with Crippen LogP contribution >= 0.6 is 0 Å². The highest BCUT2D eigenvalue weighted by Crippen LogP contribution is 2.35. The fourth-order valence-electron chi connectivity index (χ4n) is 5.74. The fraction of sp³-hybridized carbons (Fsp3) is 0.424. The predicted molar refractivity (Wildman–Crippen MR) is 171 cm³/mol. The molecule has 5 rings (SSSR count). The SMILES string of the molecule is COc1ccc(CCNC(=O)[C@@H](N)CC[C@H](CNCc2ccccc2)C[C@H]2O[C@@H](n3cnc4c(N)ccnc43)C(O)[C@H]2O)cc1. The number of aromatic nitrogens is 3. The highest BCUT2D eigenvalue weighted by atomic mass is 16.6. The first-order valence-corrected chi connectivity index (χ1v) is 15.3. The number of fused-ring (bicyclic) bond motifs is 1. The zero-order valence-corrected chi connectivity index (χ0v) is 25.5. The number of hydrogen-bond donors (Lipinski definition) is 6. The van der Waals surface area contributed by atoms with Gasteiger partial charge in [0.05, 0.1) is 31.3 Å². The van der Waals surface area contributed by atoms with Crippen LogP contribution in [0, 0.1) is 5.92 Å². The van der Waals surface area contributed by atoms with E-state index in [4.69, 9.17) is 20.9 Å². The molecule has 4 aromatic rings. The molecule has 2 aromatic heterocycles. The van der Waals surface area contributed by atoms with Crippen LogP contribution in [0.1, 0.15) is 36.6 Å². The summed E-state index contributed by atoms with van der Waals surface area (Å²) in [4.78, 5) is 21.5. The smallest absolute Gasteiger partial charge is 0.236 e. The number of carbonyl (C=O) groups excluding carboxylic acids is 1. The number of ether oxygens (including phenoxy) is 2. The van der Waals surface area contributed by atoms with Gasteiger partial charge in [0.15, 0.2) is 11.9 Å². The van der Waals surface area contributed by atoms with E-state index in [2.05, 4.69) is 32.7 Å². The largest absolute Gasteiger partial charge is 0.497 e. The average molecular weight is 618 g/mol. The number of nitrogens with two attached hydrogens (primary N) is 2. The van der Waals surface area contributed by atoms with Crippen LogP contribution in [0.3, 0.4) is 0 Å². The van der Waals surface area contributed by atoms with Crippen molar-refractivity contribution in [3.05, 3.63) is 84.3 Å². The van der Waals surface area contributed by atoms with Gasteiger partial charge in [0.25, 0.3) is 0 Å². The molecule has 1 unspecified atom stereocenters. The Labute approximate surface area is 262 Å². The number of aliphatic hydroxyl groups excluding tert-OH is 2. The Kier molecular flexibility index (Phi) is 11.0. The predicted octanol–water partition coefficient (Wildman–Crippen LogP) is 1.90. The summed E-state index contributed by atoms with van der Waals surface area (Å²) in [5, 5.41) is 28.4.